The number of carbonyl (C=O) groups is 1. The molecule has 1 aromatic heterocycles. The molecule has 19 heavy (non-hydrogen) atoms. The third-order valence-electron chi connectivity index (χ3n) is 2.99. The molecule has 0 bridgehead atoms. The fraction of sp³-hybridized carbons (Fsp3) is 0.250. The van der Waals surface area contributed by atoms with E-state index >= 15 is 0 Å². The molecule has 3 N–H and O–H groups in total. The van der Waals surface area contributed by atoms with Crippen molar-refractivity contribution in [1.82, 2.24) is 15.5 Å². The number of nitrogens with one attached hydrogen (secondary N) is 1. The Morgan fingerprint density at radius 1 is 1.42 bits per heavy atom. The van der Waals surface area contributed by atoms with Gasteiger partial charge in [0, 0.05) is 11.4 Å². The number of benzene rings is 1. The van der Waals surface area contributed by atoms with Gasteiger partial charge < -0.3 is 11.1 Å². The first-order chi connectivity index (χ1) is 9.08. The number of hydrogen-bond donors (Lipinski definition) is 2. The Kier molecular flexibility index (Phi) is 2.85. The van der Waals surface area contributed by atoms with Gasteiger partial charge in [-0.2, -0.15) is 0 Å². The van der Waals surface area contributed by atoms with Crippen molar-refractivity contribution in [3.8, 4) is 0 Å². The summed E-state index contributed by atoms with van der Waals surface area (Å²) in [5.41, 5.74) is 6.53. The Bertz CT molecular complexity index is 687. The van der Waals surface area contributed by atoms with Crippen LogP contribution in [0, 0.1) is 5.82 Å². The summed E-state index contributed by atoms with van der Waals surface area (Å²) in [6.45, 7) is 0. The van der Waals surface area contributed by atoms with Crippen LogP contribution in [0.25, 0.3) is 10.9 Å². The molecule has 0 spiro atoms. The summed E-state index contributed by atoms with van der Waals surface area (Å²) in [6, 6.07) is 2.98. The summed E-state index contributed by atoms with van der Waals surface area (Å²) < 4.78 is 13.6. The van der Waals surface area contributed by atoms with Gasteiger partial charge in [-0.3, -0.25) is 4.79 Å². The second-order valence-electron chi connectivity index (χ2n) is 4.47. The number of fused-ring (bicyclic) bond motifs is 1. The third-order valence-corrected chi connectivity index (χ3v) is 3.75. The van der Waals surface area contributed by atoms with E-state index in [-0.39, 0.29) is 27.8 Å². The summed E-state index contributed by atoms with van der Waals surface area (Å²) in [5, 5.41) is 11.0. The maximum absolute atomic E-state index is 13.4. The highest BCUT2D eigenvalue weighted by Gasteiger charge is 2.26. The average molecular weight is 325 g/mol. The zero-order valence-electron chi connectivity index (χ0n) is 9.78. The molecule has 0 saturated heterocycles. The van der Waals surface area contributed by atoms with Gasteiger partial charge in [0.15, 0.2) is 5.69 Å². The number of nitrogen functional groups attached to an aromatic ring is 1. The number of nitrogens with zero attached hydrogens (tertiary/aromatic N) is 2. The minimum Gasteiger partial charge on any atom is -0.396 e. The monoisotopic (exact) mass is 324 g/mol. The summed E-state index contributed by atoms with van der Waals surface area (Å²) >= 11 is 3.09. The number of nitrogens with two attached hydrogens (primary N) is 1. The maximum Gasteiger partial charge on any atom is 0.274 e. The van der Waals surface area contributed by atoms with Gasteiger partial charge in [-0.05, 0) is 40.9 Å². The van der Waals surface area contributed by atoms with E-state index in [0.29, 0.717) is 10.9 Å². The second kappa shape index (κ2) is 4.41. The van der Waals surface area contributed by atoms with Gasteiger partial charge >= 0.3 is 0 Å². The number of rotatable bonds is 2. The minimum atomic E-state index is -0.448. The fourth-order valence-electron chi connectivity index (χ4n) is 1.79. The van der Waals surface area contributed by atoms with Crippen molar-refractivity contribution in [2.75, 3.05) is 5.73 Å². The van der Waals surface area contributed by atoms with E-state index in [0.717, 1.165) is 12.8 Å². The molecule has 0 unspecified atom stereocenters. The van der Waals surface area contributed by atoms with E-state index < -0.39 is 5.82 Å². The van der Waals surface area contributed by atoms with Crippen LogP contribution in [0.4, 0.5) is 10.1 Å². The van der Waals surface area contributed by atoms with Gasteiger partial charge in [0.1, 0.15) is 11.3 Å². The number of anilines is 1. The molecule has 0 aliphatic heterocycles. The predicted octanol–water partition coefficient (Wildman–Crippen LogP) is 2.01. The molecule has 7 heteroatoms. The smallest absolute Gasteiger partial charge is 0.274 e. The Morgan fingerprint density at radius 3 is 2.84 bits per heavy atom. The Labute approximate surface area is 116 Å². The lowest BCUT2D eigenvalue weighted by Gasteiger charge is -2.08. The highest BCUT2D eigenvalue weighted by atomic mass is 79.9. The molecule has 98 valence electrons. The number of hydrogen-bond acceptors (Lipinski definition) is 4. The summed E-state index contributed by atoms with van der Waals surface area (Å²) in [4.78, 5) is 11.9. The van der Waals surface area contributed by atoms with Crippen molar-refractivity contribution in [1.29, 1.82) is 0 Å². The summed E-state index contributed by atoms with van der Waals surface area (Å²) in [6.07, 6.45) is 1.95. The van der Waals surface area contributed by atoms with Crippen molar-refractivity contribution in [3.63, 3.8) is 0 Å². The van der Waals surface area contributed by atoms with Gasteiger partial charge in [-0.1, -0.05) is 0 Å². The van der Waals surface area contributed by atoms with Crippen LogP contribution < -0.4 is 11.1 Å². The highest BCUT2D eigenvalue weighted by molar-refractivity contribution is 9.10. The zero-order valence-corrected chi connectivity index (χ0v) is 11.4. The summed E-state index contributed by atoms with van der Waals surface area (Å²) in [7, 11) is 0. The molecule has 1 amide bonds. The highest BCUT2D eigenvalue weighted by Crippen LogP contribution is 2.29. The number of carbonyl (C=O) groups excluding carboxylic acids is 1. The normalized spacial score (nSPS) is 14.6. The van der Waals surface area contributed by atoms with Gasteiger partial charge in [0.25, 0.3) is 5.91 Å². The van der Waals surface area contributed by atoms with Crippen LogP contribution in [0.15, 0.2) is 16.6 Å². The number of aromatic nitrogens is 2. The maximum atomic E-state index is 13.4. The molecular weight excluding hydrogens is 315 g/mol. The van der Waals surface area contributed by atoms with Gasteiger partial charge in [-0.25, -0.2) is 4.39 Å². The molecule has 0 atom stereocenters. The van der Waals surface area contributed by atoms with Crippen molar-refractivity contribution in [2.24, 2.45) is 0 Å². The van der Waals surface area contributed by atoms with E-state index in [1.165, 1.54) is 12.1 Å². The van der Waals surface area contributed by atoms with Gasteiger partial charge in [0.2, 0.25) is 0 Å². The minimum absolute atomic E-state index is 0.0814. The van der Waals surface area contributed by atoms with Crippen LogP contribution in [0.3, 0.4) is 0 Å². The molecule has 1 aliphatic carbocycles. The van der Waals surface area contributed by atoms with Crippen LogP contribution in [-0.4, -0.2) is 22.1 Å². The van der Waals surface area contributed by atoms with Crippen molar-refractivity contribution < 1.29 is 9.18 Å². The first-order valence-corrected chi connectivity index (χ1v) is 6.58. The predicted molar refractivity (Wildman–Crippen MR) is 72.1 cm³/mol. The third kappa shape index (κ3) is 2.14. The van der Waals surface area contributed by atoms with Crippen molar-refractivity contribution >= 4 is 38.4 Å². The quantitative estimate of drug-likeness (QED) is 0.885. The van der Waals surface area contributed by atoms with E-state index in [2.05, 4.69) is 31.4 Å². The SMILES string of the molecule is Nc1c(C(=O)NC2CC2)nnc2c(Br)c(F)ccc12. The summed E-state index contributed by atoms with van der Waals surface area (Å²) in [5.74, 6) is -0.786. The Balaban J connectivity index is 2.10. The standard InChI is InChI=1S/C12H10BrFN4O/c13-8-7(14)4-3-6-9(15)11(18-17-10(6)8)12(19)16-5-1-2-5/h3-5H,1-2H2,(H2,15,17)(H,16,19). The molecule has 1 saturated carbocycles. The van der Waals surface area contributed by atoms with Gasteiger partial charge in [0.05, 0.1) is 10.2 Å². The van der Waals surface area contributed by atoms with E-state index in [9.17, 15) is 9.18 Å². The first-order valence-electron chi connectivity index (χ1n) is 5.78. The van der Waals surface area contributed by atoms with Crippen LogP contribution in [0.1, 0.15) is 23.3 Å². The Hall–Kier alpha value is -1.76. The Morgan fingerprint density at radius 2 is 2.16 bits per heavy atom. The second-order valence-corrected chi connectivity index (χ2v) is 5.26. The fourth-order valence-corrected chi connectivity index (χ4v) is 2.21. The van der Waals surface area contributed by atoms with E-state index in [1.54, 1.807) is 0 Å². The molecular formula is C12H10BrFN4O. The van der Waals surface area contributed by atoms with Crippen LogP contribution in [0.5, 0.6) is 0 Å². The molecule has 2 aromatic rings. The van der Waals surface area contributed by atoms with Crippen LogP contribution in [0.2, 0.25) is 0 Å². The molecule has 1 aliphatic rings. The first kappa shape index (κ1) is 12.3. The van der Waals surface area contributed by atoms with Crippen LogP contribution >= 0.6 is 15.9 Å². The van der Waals surface area contributed by atoms with E-state index in [1.807, 2.05) is 0 Å². The number of amides is 1. The van der Waals surface area contributed by atoms with Gasteiger partial charge in [-0.15, -0.1) is 10.2 Å². The average Bonchev–Trinajstić information content (AvgIpc) is 3.18. The molecule has 1 fully saturated rings. The lowest BCUT2D eigenvalue weighted by molar-refractivity contribution is 0.0946. The molecule has 1 aromatic carbocycles. The zero-order chi connectivity index (χ0) is 13.6. The molecule has 1 heterocycles. The van der Waals surface area contributed by atoms with E-state index in [4.69, 9.17) is 5.73 Å². The van der Waals surface area contributed by atoms with Crippen molar-refractivity contribution in [3.05, 3.63) is 28.1 Å². The lowest BCUT2D eigenvalue weighted by Crippen LogP contribution is -2.27. The number of halogens is 2. The topological polar surface area (TPSA) is 80.9 Å². The molecule has 3 rings (SSSR count). The molecule has 5 nitrogen and oxygen atoms in total. The molecule has 0 radical (unpaired) electrons. The van der Waals surface area contributed by atoms with Crippen molar-refractivity contribution in [2.45, 2.75) is 18.9 Å². The lowest BCUT2D eigenvalue weighted by atomic mass is 10.1. The largest absolute Gasteiger partial charge is 0.396 e. The van der Waals surface area contributed by atoms with Crippen LogP contribution in [-0.2, 0) is 0 Å².